The molecule has 1 N–H and O–H groups in total. The topological polar surface area (TPSA) is 63.4 Å². The summed E-state index contributed by atoms with van der Waals surface area (Å²) in [6, 6.07) is 12.7. The summed E-state index contributed by atoms with van der Waals surface area (Å²) in [7, 11) is 0. The molecule has 0 spiro atoms. The fraction of sp³-hybridized carbons (Fsp3) is 0.417. The maximum Gasteiger partial charge on any atom is 0.139 e. The van der Waals surface area contributed by atoms with Gasteiger partial charge >= 0.3 is 0 Å². The van der Waals surface area contributed by atoms with Gasteiger partial charge in [0.05, 0.1) is 18.9 Å². The minimum Gasteiger partial charge on any atom is -0.396 e. The van der Waals surface area contributed by atoms with E-state index in [4.69, 9.17) is 9.84 Å². The van der Waals surface area contributed by atoms with Gasteiger partial charge in [0.15, 0.2) is 0 Å². The SMILES string of the molecule is OCCCCCn1ccnc1-c1ccc(-c2ccc(CN3CCOCC3)cn2)cc1. The highest BCUT2D eigenvalue weighted by Gasteiger charge is 2.11. The molecule has 0 atom stereocenters. The van der Waals surface area contributed by atoms with Crippen molar-refractivity contribution in [1.29, 1.82) is 0 Å². The van der Waals surface area contributed by atoms with E-state index in [2.05, 4.69) is 55.8 Å². The fourth-order valence-electron chi connectivity index (χ4n) is 3.82. The molecule has 1 saturated heterocycles. The lowest BCUT2D eigenvalue weighted by Crippen LogP contribution is -2.35. The lowest BCUT2D eigenvalue weighted by molar-refractivity contribution is 0.0341. The van der Waals surface area contributed by atoms with Crippen molar-refractivity contribution in [2.75, 3.05) is 32.9 Å². The molecule has 1 aliphatic heterocycles. The number of imidazole rings is 1. The van der Waals surface area contributed by atoms with Crippen LogP contribution >= 0.6 is 0 Å². The van der Waals surface area contributed by atoms with Crippen LogP contribution < -0.4 is 0 Å². The number of benzene rings is 1. The van der Waals surface area contributed by atoms with E-state index in [0.29, 0.717) is 0 Å². The summed E-state index contributed by atoms with van der Waals surface area (Å²) < 4.78 is 7.60. The first kappa shape index (κ1) is 20.7. The maximum atomic E-state index is 8.93. The molecular weight excluding hydrogens is 376 g/mol. The van der Waals surface area contributed by atoms with Gasteiger partial charge in [-0.2, -0.15) is 0 Å². The predicted octanol–water partition coefficient (Wildman–Crippen LogP) is 3.61. The van der Waals surface area contributed by atoms with E-state index in [-0.39, 0.29) is 6.61 Å². The van der Waals surface area contributed by atoms with Crippen molar-refractivity contribution in [3.8, 4) is 22.6 Å². The molecule has 6 nitrogen and oxygen atoms in total. The summed E-state index contributed by atoms with van der Waals surface area (Å²) in [5.74, 6) is 0.986. The fourth-order valence-corrected chi connectivity index (χ4v) is 3.82. The van der Waals surface area contributed by atoms with Crippen LogP contribution in [0.3, 0.4) is 0 Å². The van der Waals surface area contributed by atoms with Gasteiger partial charge in [-0.3, -0.25) is 9.88 Å². The molecule has 3 heterocycles. The zero-order valence-corrected chi connectivity index (χ0v) is 17.4. The van der Waals surface area contributed by atoms with Gasteiger partial charge in [0.2, 0.25) is 0 Å². The van der Waals surface area contributed by atoms with Crippen molar-refractivity contribution in [2.45, 2.75) is 32.4 Å². The van der Waals surface area contributed by atoms with Gasteiger partial charge in [-0.15, -0.1) is 0 Å². The van der Waals surface area contributed by atoms with E-state index in [0.717, 1.165) is 81.3 Å². The molecule has 1 fully saturated rings. The van der Waals surface area contributed by atoms with Gasteiger partial charge in [0.1, 0.15) is 5.82 Å². The maximum absolute atomic E-state index is 8.93. The Kier molecular flexibility index (Phi) is 7.24. The molecule has 0 radical (unpaired) electrons. The Morgan fingerprint density at radius 2 is 1.70 bits per heavy atom. The summed E-state index contributed by atoms with van der Waals surface area (Å²) in [4.78, 5) is 11.6. The normalized spacial score (nSPS) is 14.8. The third-order valence-electron chi connectivity index (χ3n) is 5.55. The van der Waals surface area contributed by atoms with E-state index in [1.165, 1.54) is 5.56 Å². The van der Waals surface area contributed by atoms with Crippen LogP contribution in [-0.4, -0.2) is 57.5 Å². The lowest BCUT2D eigenvalue weighted by atomic mass is 10.1. The second kappa shape index (κ2) is 10.5. The van der Waals surface area contributed by atoms with Crippen molar-refractivity contribution in [3.63, 3.8) is 0 Å². The number of aromatic nitrogens is 3. The molecule has 4 rings (SSSR count). The van der Waals surface area contributed by atoms with Gasteiger partial charge in [0.25, 0.3) is 0 Å². The highest BCUT2D eigenvalue weighted by molar-refractivity contribution is 5.65. The first-order valence-electron chi connectivity index (χ1n) is 10.8. The number of aliphatic hydroxyl groups excluding tert-OH is 1. The molecule has 0 aliphatic carbocycles. The largest absolute Gasteiger partial charge is 0.396 e. The summed E-state index contributed by atoms with van der Waals surface area (Å²) in [6.45, 7) is 5.72. The first-order valence-corrected chi connectivity index (χ1v) is 10.8. The summed E-state index contributed by atoms with van der Waals surface area (Å²) in [6.07, 6.45) is 8.79. The van der Waals surface area contributed by atoms with Crippen LogP contribution in [0.15, 0.2) is 55.0 Å². The Bertz CT molecular complexity index is 900. The van der Waals surface area contributed by atoms with Gasteiger partial charge in [0, 0.05) is 62.5 Å². The lowest BCUT2D eigenvalue weighted by Gasteiger charge is -2.26. The van der Waals surface area contributed by atoms with E-state index in [1.807, 2.05) is 18.6 Å². The molecular formula is C24H30N4O2. The summed E-state index contributed by atoms with van der Waals surface area (Å²) >= 11 is 0. The third-order valence-corrected chi connectivity index (χ3v) is 5.55. The molecule has 3 aromatic rings. The minimum atomic E-state index is 0.264. The van der Waals surface area contributed by atoms with Crippen LogP contribution in [-0.2, 0) is 17.8 Å². The van der Waals surface area contributed by atoms with Crippen LogP contribution in [0.2, 0.25) is 0 Å². The number of aryl methyl sites for hydroxylation is 1. The van der Waals surface area contributed by atoms with Crippen molar-refractivity contribution in [3.05, 3.63) is 60.6 Å². The van der Waals surface area contributed by atoms with Crippen molar-refractivity contribution in [2.24, 2.45) is 0 Å². The third kappa shape index (κ3) is 5.33. The van der Waals surface area contributed by atoms with Crippen molar-refractivity contribution in [1.82, 2.24) is 19.4 Å². The average molecular weight is 407 g/mol. The number of nitrogens with zero attached hydrogens (tertiary/aromatic N) is 4. The first-order chi connectivity index (χ1) is 14.8. The number of aliphatic hydroxyl groups is 1. The van der Waals surface area contributed by atoms with E-state index in [9.17, 15) is 0 Å². The van der Waals surface area contributed by atoms with Crippen LogP contribution in [0.5, 0.6) is 0 Å². The Balaban J connectivity index is 1.39. The Labute approximate surface area is 178 Å². The van der Waals surface area contributed by atoms with E-state index in [1.54, 1.807) is 0 Å². The van der Waals surface area contributed by atoms with Crippen LogP contribution in [0.4, 0.5) is 0 Å². The number of hydrogen-bond acceptors (Lipinski definition) is 5. The molecule has 158 valence electrons. The van der Waals surface area contributed by atoms with Gasteiger partial charge in [-0.1, -0.05) is 30.3 Å². The van der Waals surface area contributed by atoms with Crippen molar-refractivity contribution < 1.29 is 9.84 Å². The minimum absolute atomic E-state index is 0.264. The van der Waals surface area contributed by atoms with Gasteiger partial charge < -0.3 is 14.4 Å². The molecule has 0 unspecified atom stereocenters. The number of pyridine rings is 1. The smallest absolute Gasteiger partial charge is 0.139 e. The number of hydrogen-bond donors (Lipinski definition) is 1. The zero-order valence-electron chi connectivity index (χ0n) is 17.4. The molecule has 2 aromatic heterocycles. The van der Waals surface area contributed by atoms with Gasteiger partial charge in [-0.05, 0) is 30.9 Å². The number of ether oxygens (including phenoxy) is 1. The molecule has 0 amide bonds. The van der Waals surface area contributed by atoms with Crippen LogP contribution in [0, 0.1) is 0 Å². The quantitative estimate of drug-likeness (QED) is 0.550. The summed E-state index contributed by atoms with van der Waals surface area (Å²) in [5, 5.41) is 8.93. The highest BCUT2D eigenvalue weighted by Crippen LogP contribution is 2.23. The highest BCUT2D eigenvalue weighted by atomic mass is 16.5. The number of rotatable bonds is 9. The standard InChI is InChI=1S/C24H30N4O2/c29-15-3-1-2-11-28-12-10-25-24(28)22-7-5-21(6-8-22)23-9-4-20(18-26-23)19-27-13-16-30-17-14-27/h4-10,12,18,29H,1-3,11,13-17,19H2. The Hall–Kier alpha value is -2.54. The second-order valence-corrected chi connectivity index (χ2v) is 7.75. The molecule has 30 heavy (non-hydrogen) atoms. The molecule has 1 aliphatic rings. The zero-order chi connectivity index (χ0) is 20.6. The van der Waals surface area contributed by atoms with Crippen molar-refractivity contribution >= 4 is 0 Å². The Morgan fingerprint density at radius 3 is 2.43 bits per heavy atom. The van der Waals surface area contributed by atoms with Gasteiger partial charge in [-0.25, -0.2) is 4.98 Å². The number of morpholine rings is 1. The Morgan fingerprint density at radius 1 is 0.900 bits per heavy atom. The van der Waals surface area contributed by atoms with E-state index >= 15 is 0 Å². The molecule has 0 saturated carbocycles. The molecule has 1 aromatic carbocycles. The number of unbranched alkanes of at least 4 members (excludes halogenated alkanes) is 2. The second-order valence-electron chi connectivity index (χ2n) is 7.75. The average Bonchev–Trinajstić information content (AvgIpc) is 3.27. The summed E-state index contributed by atoms with van der Waals surface area (Å²) in [5.41, 5.74) is 4.44. The monoisotopic (exact) mass is 406 g/mol. The predicted molar refractivity (Wildman–Crippen MR) is 118 cm³/mol. The van der Waals surface area contributed by atoms with Crippen LogP contribution in [0.1, 0.15) is 24.8 Å². The van der Waals surface area contributed by atoms with E-state index < -0.39 is 0 Å². The molecule has 0 bridgehead atoms. The molecule has 6 heteroatoms. The van der Waals surface area contributed by atoms with Crippen LogP contribution in [0.25, 0.3) is 22.6 Å².